The highest BCUT2D eigenvalue weighted by Crippen LogP contribution is 2.40. The molecule has 0 spiro atoms. The van der Waals surface area contributed by atoms with Crippen LogP contribution in [0, 0.1) is 0 Å². The highest BCUT2D eigenvalue weighted by molar-refractivity contribution is 7.89. The van der Waals surface area contributed by atoms with Crippen LogP contribution in [-0.4, -0.2) is 56.1 Å². The van der Waals surface area contributed by atoms with Gasteiger partial charge in [-0.25, -0.2) is 8.42 Å². The number of carbonyl (C=O) groups is 1. The molecule has 168 valence electrons. The highest BCUT2D eigenvalue weighted by atomic mass is 32.2. The Labute approximate surface area is 183 Å². The van der Waals surface area contributed by atoms with Crippen molar-refractivity contribution in [1.29, 1.82) is 0 Å². The SMILES string of the molecule is CCN(O)S(=O)(=O)C(NC(=O)c1ccccc1OC)C1(c2ccccc2)CCNCC1. The van der Waals surface area contributed by atoms with E-state index in [1.807, 2.05) is 30.3 Å². The van der Waals surface area contributed by atoms with E-state index in [0.717, 1.165) is 5.56 Å². The molecule has 1 unspecified atom stereocenters. The number of benzene rings is 2. The number of para-hydroxylation sites is 1. The van der Waals surface area contributed by atoms with Crippen LogP contribution in [0.5, 0.6) is 5.75 Å². The minimum atomic E-state index is -4.29. The van der Waals surface area contributed by atoms with Gasteiger partial charge in [0.2, 0.25) is 0 Å². The van der Waals surface area contributed by atoms with Crippen LogP contribution in [-0.2, 0) is 15.4 Å². The van der Waals surface area contributed by atoms with Gasteiger partial charge >= 0.3 is 0 Å². The number of hydrogen-bond acceptors (Lipinski definition) is 6. The normalized spacial score (nSPS) is 17.2. The van der Waals surface area contributed by atoms with Crippen LogP contribution in [0.2, 0.25) is 0 Å². The lowest BCUT2D eigenvalue weighted by Crippen LogP contribution is -2.61. The predicted octanol–water partition coefficient (Wildman–Crippen LogP) is 2.11. The van der Waals surface area contributed by atoms with E-state index in [4.69, 9.17) is 4.74 Å². The quantitative estimate of drug-likeness (QED) is 0.535. The molecule has 1 aliphatic heterocycles. The van der Waals surface area contributed by atoms with Crippen molar-refractivity contribution in [3.05, 3.63) is 65.7 Å². The zero-order valence-electron chi connectivity index (χ0n) is 17.7. The number of piperidine rings is 1. The zero-order valence-corrected chi connectivity index (χ0v) is 18.6. The third kappa shape index (κ3) is 4.59. The van der Waals surface area contributed by atoms with E-state index in [0.29, 0.717) is 36.1 Å². The lowest BCUT2D eigenvalue weighted by Gasteiger charge is -2.44. The molecule has 0 bridgehead atoms. The van der Waals surface area contributed by atoms with Gasteiger partial charge in [-0.1, -0.05) is 46.9 Å². The van der Waals surface area contributed by atoms with Crippen LogP contribution in [0.3, 0.4) is 0 Å². The number of nitrogens with one attached hydrogen (secondary N) is 2. The largest absolute Gasteiger partial charge is 0.496 e. The van der Waals surface area contributed by atoms with Crippen molar-refractivity contribution in [3.63, 3.8) is 0 Å². The van der Waals surface area contributed by atoms with Crippen LogP contribution in [0.4, 0.5) is 0 Å². The maximum atomic E-state index is 13.5. The van der Waals surface area contributed by atoms with E-state index in [1.54, 1.807) is 24.3 Å². The average Bonchev–Trinajstić information content (AvgIpc) is 2.82. The van der Waals surface area contributed by atoms with Crippen molar-refractivity contribution in [1.82, 2.24) is 15.1 Å². The van der Waals surface area contributed by atoms with Crippen LogP contribution < -0.4 is 15.4 Å². The molecule has 2 aromatic carbocycles. The van der Waals surface area contributed by atoms with Crippen molar-refractivity contribution in [2.24, 2.45) is 0 Å². The summed E-state index contributed by atoms with van der Waals surface area (Å²) < 4.78 is 32.5. The number of sulfonamides is 1. The first-order chi connectivity index (χ1) is 14.9. The minimum absolute atomic E-state index is 0.132. The van der Waals surface area contributed by atoms with Crippen LogP contribution >= 0.6 is 0 Å². The summed E-state index contributed by atoms with van der Waals surface area (Å²) in [5, 5.41) is 14.9. The first kappa shape index (κ1) is 23.2. The maximum Gasteiger partial charge on any atom is 0.257 e. The van der Waals surface area contributed by atoms with Crippen molar-refractivity contribution < 1.29 is 23.2 Å². The fourth-order valence-corrected chi connectivity index (χ4v) is 5.97. The van der Waals surface area contributed by atoms with Crippen molar-refractivity contribution in [3.8, 4) is 5.75 Å². The average molecular weight is 448 g/mol. The molecule has 1 amide bonds. The van der Waals surface area contributed by atoms with E-state index < -0.39 is 26.7 Å². The molecule has 1 heterocycles. The first-order valence-corrected chi connectivity index (χ1v) is 11.8. The van der Waals surface area contributed by atoms with E-state index >= 15 is 0 Å². The standard InChI is InChI=1S/C22H29N3O5S/c1-3-25(27)31(28,29)21(24-20(26)18-11-7-8-12-19(18)30-2)22(13-15-23-16-14-22)17-9-5-4-6-10-17/h4-12,21,23,27H,3,13-16H2,1-2H3,(H,24,26). The molecular formula is C22H29N3O5S. The molecule has 0 aromatic heterocycles. The van der Waals surface area contributed by atoms with E-state index in [1.165, 1.54) is 14.0 Å². The molecule has 0 radical (unpaired) electrons. The van der Waals surface area contributed by atoms with Gasteiger partial charge < -0.3 is 15.4 Å². The van der Waals surface area contributed by atoms with E-state index in [9.17, 15) is 18.4 Å². The molecule has 31 heavy (non-hydrogen) atoms. The molecule has 8 nitrogen and oxygen atoms in total. The number of methoxy groups -OCH3 is 1. The summed E-state index contributed by atoms with van der Waals surface area (Å²) in [6.45, 7) is 2.58. The summed E-state index contributed by atoms with van der Waals surface area (Å²) in [6.07, 6.45) is 0.954. The summed E-state index contributed by atoms with van der Waals surface area (Å²) in [5.74, 6) is -0.240. The Morgan fingerprint density at radius 1 is 1.16 bits per heavy atom. The molecule has 9 heteroatoms. The fourth-order valence-electron chi connectivity index (χ4n) is 4.17. The summed E-state index contributed by atoms with van der Waals surface area (Å²) in [6, 6.07) is 15.9. The number of hydrogen-bond donors (Lipinski definition) is 3. The topological polar surface area (TPSA) is 108 Å². The fraction of sp³-hybridized carbons (Fsp3) is 0.409. The number of amides is 1. The van der Waals surface area contributed by atoms with Crippen molar-refractivity contribution in [2.75, 3.05) is 26.7 Å². The Morgan fingerprint density at radius 2 is 1.77 bits per heavy atom. The van der Waals surface area contributed by atoms with Crippen molar-refractivity contribution >= 4 is 15.9 Å². The Hall–Kier alpha value is -2.46. The van der Waals surface area contributed by atoms with Gasteiger partial charge in [0, 0.05) is 12.0 Å². The van der Waals surface area contributed by atoms with Gasteiger partial charge in [0.25, 0.3) is 15.9 Å². The van der Waals surface area contributed by atoms with Crippen LogP contribution in [0.1, 0.15) is 35.7 Å². The van der Waals surface area contributed by atoms with Gasteiger partial charge in [-0.3, -0.25) is 10.0 Å². The Morgan fingerprint density at radius 3 is 2.39 bits per heavy atom. The molecule has 3 N–H and O–H groups in total. The Bertz CT molecular complexity index is 991. The summed E-state index contributed by atoms with van der Waals surface area (Å²) in [5.41, 5.74) is 0.109. The molecule has 1 aliphatic rings. The second kappa shape index (κ2) is 9.78. The molecule has 1 atom stereocenters. The number of nitrogens with zero attached hydrogens (tertiary/aromatic N) is 1. The number of rotatable bonds is 8. The van der Waals surface area contributed by atoms with Crippen LogP contribution in [0.25, 0.3) is 0 Å². The molecule has 2 aromatic rings. The van der Waals surface area contributed by atoms with Gasteiger partial charge in [-0.2, -0.15) is 0 Å². The smallest absolute Gasteiger partial charge is 0.257 e. The Balaban J connectivity index is 2.13. The second-order valence-corrected chi connectivity index (χ2v) is 9.43. The lowest BCUT2D eigenvalue weighted by atomic mass is 9.72. The minimum Gasteiger partial charge on any atom is -0.496 e. The molecule has 0 saturated carbocycles. The van der Waals surface area contributed by atoms with Gasteiger partial charge in [-0.15, -0.1) is 0 Å². The van der Waals surface area contributed by atoms with Gasteiger partial charge in [-0.05, 0) is 50.6 Å². The first-order valence-electron chi connectivity index (χ1n) is 10.3. The molecule has 3 rings (SSSR count). The molecular weight excluding hydrogens is 418 g/mol. The van der Waals surface area contributed by atoms with Crippen molar-refractivity contribution in [2.45, 2.75) is 30.6 Å². The maximum absolute atomic E-state index is 13.5. The number of carbonyl (C=O) groups excluding carboxylic acids is 1. The predicted molar refractivity (Wildman–Crippen MR) is 118 cm³/mol. The molecule has 1 saturated heterocycles. The van der Waals surface area contributed by atoms with Crippen LogP contribution in [0.15, 0.2) is 54.6 Å². The Kier molecular flexibility index (Phi) is 7.32. The second-order valence-electron chi connectivity index (χ2n) is 7.51. The lowest BCUT2D eigenvalue weighted by molar-refractivity contribution is 0.00500. The molecule has 1 fully saturated rings. The van der Waals surface area contributed by atoms with E-state index in [-0.39, 0.29) is 12.1 Å². The highest BCUT2D eigenvalue weighted by Gasteiger charge is 2.50. The molecule has 0 aliphatic carbocycles. The van der Waals surface area contributed by atoms with Gasteiger partial charge in [0.1, 0.15) is 5.75 Å². The van der Waals surface area contributed by atoms with Gasteiger partial charge in [0.15, 0.2) is 5.37 Å². The summed E-state index contributed by atoms with van der Waals surface area (Å²) in [7, 11) is -2.84. The third-order valence-corrected chi connectivity index (χ3v) is 7.83. The summed E-state index contributed by atoms with van der Waals surface area (Å²) in [4.78, 5) is 13.2. The van der Waals surface area contributed by atoms with E-state index in [2.05, 4.69) is 10.6 Å². The number of hydroxylamine groups is 1. The number of ether oxygens (including phenoxy) is 1. The summed E-state index contributed by atoms with van der Waals surface area (Å²) >= 11 is 0. The van der Waals surface area contributed by atoms with Gasteiger partial charge in [0.05, 0.1) is 12.7 Å². The zero-order chi connectivity index (χ0) is 22.5. The monoisotopic (exact) mass is 447 g/mol. The third-order valence-electron chi connectivity index (χ3n) is 5.82.